The largest absolute Gasteiger partial charge is 0.457 e. The van der Waals surface area contributed by atoms with Gasteiger partial charge in [0.05, 0.1) is 19.3 Å². The number of hydrogen-bond donors (Lipinski definition) is 7. The van der Waals surface area contributed by atoms with Crippen molar-refractivity contribution in [2.75, 3.05) is 19.8 Å². The first-order valence-corrected chi connectivity index (χ1v) is 16.1. The maximum atomic E-state index is 12.5. The Morgan fingerprint density at radius 3 is 1.77 bits per heavy atom. The third kappa shape index (κ3) is 13.0. The average molecular weight is 621 g/mol. The molecule has 2 rings (SSSR count). The van der Waals surface area contributed by atoms with E-state index in [0.29, 0.717) is 13.0 Å². The van der Waals surface area contributed by atoms with Gasteiger partial charge in [-0.1, -0.05) is 57.1 Å². The van der Waals surface area contributed by atoms with E-state index in [1.54, 1.807) is 6.92 Å². The maximum absolute atomic E-state index is 12.5. The van der Waals surface area contributed by atoms with Crippen LogP contribution in [0.3, 0.4) is 0 Å². The van der Waals surface area contributed by atoms with Crippen molar-refractivity contribution in [1.29, 1.82) is 0 Å². The molecule has 0 aliphatic carbocycles. The van der Waals surface area contributed by atoms with Crippen molar-refractivity contribution in [3.8, 4) is 0 Å². The summed E-state index contributed by atoms with van der Waals surface area (Å²) in [5.41, 5.74) is 0. The summed E-state index contributed by atoms with van der Waals surface area (Å²) in [6.07, 6.45) is 5.08. The second kappa shape index (κ2) is 21.5. The number of hydrogen-bond acceptors (Lipinski definition) is 12. The van der Waals surface area contributed by atoms with Crippen molar-refractivity contribution >= 4 is 5.97 Å². The zero-order chi connectivity index (χ0) is 31.6. The van der Waals surface area contributed by atoms with Crippen LogP contribution < -0.4 is 0 Å². The first-order valence-electron chi connectivity index (χ1n) is 16.1. The summed E-state index contributed by atoms with van der Waals surface area (Å²) in [6.45, 7) is 0.700. The number of aliphatic hydroxyl groups is 7. The van der Waals surface area contributed by atoms with E-state index in [4.69, 9.17) is 24.1 Å². The smallest absolute Gasteiger partial charge is 0.306 e. The highest BCUT2D eigenvalue weighted by Crippen LogP contribution is 2.30. The number of rotatable bonds is 21. The van der Waals surface area contributed by atoms with Gasteiger partial charge in [-0.3, -0.25) is 4.79 Å². The van der Waals surface area contributed by atoms with Crippen LogP contribution in [-0.4, -0.2) is 123 Å². The van der Waals surface area contributed by atoms with E-state index in [1.165, 1.54) is 25.7 Å². The number of allylic oxidation sites excluding steroid dienone is 2. The van der Waals surface area contributed by atoms with Crippen molar-refractivity contribution in [2.45, 2.75) is 158 Å². The molecule has 0 saturated carbocycles. The number of unbranched alkanes of at least 4 members (excludes halogenated alkanes) is 11. The molecular weight excluding hydrogens is 564 g/mol. The molecule has 12 nitrogen and oxygen atoms in total. The molecule has 7 N–H and O–H groups in total. The molecule has 0 spiro atoms. The second-order valence-electron chi connectivity index (χ2n) is 11.7. The lowest BCUT2D eigenvalue weighted by Crippen LogP contribution is -2.64. The van der Waals surface area contributed by atoms with Crippen LogP contribution in [0.4, 0.5) is 0 Å². The van der Waals surface area contributed by atoms with E-state index in [1.807, 2.05) is 0 Å². The van der Waals surface area contributed by atoms with Gasteiger partial charge in [0.2, 0.25) is 0 Å². The summed E-state index contributed by atoms with van der Waals surface area (Å²) in [6, 6.07) is 0. The molecule has 2 aliphatic heterocycles. The molecule has 0 radical (unpaired) electrons. The fraction of sp³-hybridized carbons (Fsp3) is 0.903. The van der Waals surface area contributed by atoms with Gasteiger partial charge in [0.25, 0.3) is 0 Å². The molecule has 2 fully saturated rings. The fourth-order valence-corrected chi connectivity index (χ4v) is 5.52. The highest BCUT2D eigenvalue weighted by atomic mass is 16.7. The zero-order valence-corrected chi connectivity index (χ0v) is 25.6. The lowest BCUT2D eigenvalue weighted by Gasteiger charge is -2.46. The summed E-state index contributed by atoms with van der Waals surface area (Å²) in [7, 11) is 0. The first-order chi connectivity index (χ1) is 20.7. The standard InChI is InChI=1S/C31H56O12/c1-21-29(26(37)25(36)22(19-33)40-21)43-31-28(39)27(38)30(23(20-34)41-31)42-24(35)17-15-13-11-9-7-5-3-2-4-6-8-10-12-14-16-18-32/h2-3,21-23,25-34,36-39H,4-20H2,1H3/b3-2+/t21-,22?,23?,25+,26-,27+,28?,29?,30+,31-/m0/s1. The number of aliphatic hydroxyl groups excluding tert-OH is 7. The van der Waals surface area contributed by atoms with Crippen LogP contribution in [0.5, 0.6) is 0 Å². The van der Waals surface area contributed by atoms with Crippen LogP contribution in [-0.2, 0) is 23.7 Å². The molecule has 0 aromatic heterocycles. The Balaban J connectivity index is 1.62. The van der Waals surface area contributed by atoms with Crippen LogP contribution in [0, 0.1) is 0 Å². The summed E-state index contributed by atoms with van der Waals surface area (Å²) < 4.78 is 22.1. The fourth-order valence-electron chi connectivity index (χ4n) is 5.52. The minimum absolute atomic E-state index is 0.129. The Hall–Kier alpha value is -1.19. The molecule has 43 heavy (non-hydrogen) atoms. The number of esters is 1. The van der Waals surface area contributed by atoms with Crippen LogP contribution in [0.15, 0.2) is 12.2 Å². The minimum atomic E-state index is -1.68. The van der Waals surface area contributed by atoms with Gasteiger partial charge in [-0.15, -0.1) is 0 Å². The Kier molecular flexibility index (Phi) is 19.0. The number of carbonyl (C=O) groups is 1. The lowest BCUT2D eigenvalue weighted by molar-refractivity contribution is -0.340. The van der Waals surface area contributed by atoms with Gasteiger partial charge in [-0.05, 0) is 45.4 Å². The summed E-state index contributed by atoms with van der Waals surface area (Å²) in [4.78, 5) is 12.5. The van der Waals surface area contributed by atoms with Crippen molar-refractivity contribution in [1.82, 2.24) is 0 Å². The van der Waals surface area contributed by atoms with E-state index in [-0.39, 0.29) is 6.42 Å². The molecular formula is C31H56O12. The summed E-state index contributed by atoms with van der Waals surface area (Å²) >= 11 is 0. The predicted molar refractivity (Wildman–Crippen MR) is 157 cm³/mol. The predicted octanol–water partition coefficient (Wildman–Crippen LogP) is 1.23. The third-order valence-electron chi connectivity index (χ3n) is 8.18. The van der Waals surface area contributed by atoms with Gasteiger partial charge in [-0.2, -0.15) is 0 Å². The van der Waals surface area contributed by atoms with Gasteiger partial charge >= 0.3 is 5.97 Å². The SMILES string of the molecule is C[C@@H]1OC(CO)[C@@H](O)[C@H](O)C1O[C@@H]1OC(CO)[C@@H](OC(=O)CCCCCCC/C=C/CCCCCCCCO)[C@H](O)C1O. The van der Waals surface area contributed by atoms with Gasteiger partial charge in [0.15, 0.2) is 12.4 Å². The first kappa shape index (κ1) is 38.0. The normalized spacial score (nSPS) is 33.2. The molecule has 10 atom stereocenters. The van der Waals surface area contributed by atoms with Crippen molar-refractivity contribution in [2.24, 2.45) is 0 Å². The molecule has 12 heteroatoms. The summed E-state index contributed by atoms with van der Waals surface area (Å²) in [5.74, 6) is -0.572. The topological polar surface area (TPSA) is 196 Å². The molecule has 0 amide bonds. The molecule has 0 bridgehead atoms. The molecule has 2 aliphatic rings. The monoisotopic (exact) mass is 620 g/mol. The van der Waals surface area contributed by atoms with Crippen LogP contribution in [0.2, 0.25) is 0 Å². The Morgan fingerprint density at radius 1 is 0.651 bits per heavy atom. The molecule has 0 aromatic rings. The second-order valence-corrected chi connectivity index (χ2v) is 11.7. The van der Waals surface area contributed by atoms with Gasteiger partial charge in [0.1, 0.15) is 42.7 Å². The Morgan fingerprint density at radius 2 is 1.19 bits per heavy atom. The molecule has 252 valence electrons. The third-order valence-corrected chi connectivity index (χ3v) is 8.18. The van der Waals surface area contributed by atoms with Crippen molar-refractivity contribution in [3.05, 3.63) is 12.2 Å². The Bertz CT molecular complexity index is 765. The minimum Gasteiger partial charge on any atom is -0.457 e. The van der Waals surface area contributed by atoms with E-state index < -0.39 is 80.4 Å². The zero-order valence-electron chi connectivity index (χ0n) is 25.6. The van der Waals surface area contributed by atoms with Crippen LogP contribution >= 0.6 is 0 Å². The van der Waals surface area contributed by atoms with Crippen molar-refractivity contribution < 1.29 is 59.5 Å². The molecule has 0 aromatic carbocycles. The number of carbonyl (C=O) groups excluding carboxylic acids is 1. The average Bonchev–Trinajstić information content (AvgIpc) is 3.00. The van der Waals surface area contributed by atoms with Crippen LogP contribution in [0.25, 0.3) is 0 Å². The van der Waals surface area contributed by atoms with E-state index in [9.17, 15) is 35.4 Å². The lowest BCUT2D eigenvalue weighted by atomic mass is 9.95. The molecule has 4 unspecified atom stereocenters. The highest BCUT2D eigenvalue weighted by Gasteiger charge is 2.50. The number of ether oxygens (including phenoxy) is 4. The Labute approximate surface area is 255 Å². The molecule has 2 heterocycles. The van der Waals surface area contributed by atoms with Gasteiger partial charge < -0.3 is 54.7 Å². The highest BCUT2D eigenvalue weighted by molar-refractivity contribution is 5.69. The van der Waals surface area contributed by atoms with Crippen LogP contribution in [0.1, 0.15) is 96.8 Å². The van der Waals surface area contributed by atoms with E-state index in [2.05, 4.69) is 12.2 Å². The van der Waals surface area contributed by atoms with E-state index in [0.717, 1.165) is 51.4 Å². The van der Waals surface area contributed by atoms with Gasteiger partial charge in [-0.25, -0.2) is 0 Å². The summed E-state index contributed by atoms with van der Waals surface area (Å²) in [5, 5.41) is 69.8. The maximum Gasteiger partial charge on any atom is 0.306 e. The van der Waals surface area contributed by atoms with Gasteiger partial charge in [0, 0.05) is 13.0 Å². The van der Waals surface area contributed by atoms with E-state index >= 15 is 0 Å². The molecule has 2 saturated heterocycles. The quantitative estimate of drug-likeness (QED) is 0.0552. The van der Waals surface area contributed by atoms with Crippen molar-refractivity contribution in [3.63, 3.8) is 0 Å².